The molecule has 2 heteroatoms. The lowest BCUT2D eigenvalue weighted by atomic mass is 10.1. The average Bonchev–Trinajstić information content (AvgIpc) is 2.73. The van der Waals surface area contributed by atoms with Crippen molar-refractivity contribution in [2.45, 2.75) is 58.8 Å². The van der Waals surface area contributed by atoms with Gasteiger partial charge in [-0.2, -0.15) is 0 Å². The molecular formula is C21H33NSi. The van der Waals surface area contributed by atoms with Gasteiger partial charge in [-0.15, -0.1) is 0 Å². The van der Waals surface area contributed by atoms with Crippen LogP contribution in [0.3, 0.4) is 0 Å². The molecule has 0 aliphatic heterocycles. The molecule has 0 saturated carbocycles. The highest BCUT2D eigenvalue weighted by atomic mass is 28.3. The largest absolute Gasteiger partial charge is 0.332 e. The van der Waals surface area contributed by atoms with E-state index in [1.807, 2.05) is 6.92 Å². The van der Waals surface area contributed by atoms with Gasteiger partial charge in [-0.1, -0.05) is 73.8 Å². The van der Waals surface area contributed by atoms with Gasteiger partial charge in [0.1, 0.15) is 8.24 Å². The van der Waals surface area contributed by atoms with E-state index in [-0.39, 0.29) is 5.54 Å². The van der Waals surface area contributed by atoms with Gasteiger partial charge in [0.15, 0.2) is 0 Å². The molecule has 2 rings (SSSR count). The van der Waals surface area contributed by atoms with E-state index >= 15 is 0 Å². The third-order valence-corrected chi connectivity index (χ3v) is 7.52. The maximum absolute atomic E-state index is 3.91. The molecule has 0 bridgehead atoms. The monoisotopic (exact) mass is 327 g/mol. The van der Waals surface area contributed by atoms with Crippen molar-refractivity contribution < 1.29 is 0 Å². The van der Waals surface area contributed by atoms with Crippen molar-refractivity contribution in [3.8, 4) is 0 Å². The van der Waals surface area contributed by atoms with E-state index < -0.39 is 8.24 Å². The van der Waals surface area contributed by atoms with Gasteiger partial charge in [-0.3, -0.25) is 0 Å². The molecule has 126 valence electrons. The molecule has 1 unspecified atom stereocenters. The van der Waals surface area contributed by atoms with Crippen LogP contribution >= 0.6 is 0 Å². The van der Waals surface area contributed by atoms with E-state index in [1.54, 1.807) is 6.08 Å². The Morgan fingerprint density at radius 2 is 1.74 bits per heavy atom. The SMILES string of the molecule is C=CC(=C)C.CC1=Cc2ccccc2C1[Si](C)(C)NC(C)(C)C. The van der Waals surface area contributed by atoms with Crippen molar-refractivity contribution in [3.05, 3.63) is 65.8 Å². The summed E-state index contributed by atoms with van der Waals surface area (Å²) < 4.78 is 0. The van der Waals surface area contributed by atoms with Gasteiger partial charge >= 0.3 is 0 Å². The summed E-state index contributed by atoms with van der Waals surface area (Å²) in [7, 11) is -1.54. The Bertz CT molecular complexity index is 603. The molecule has 23 heavy (non-hydrogen) atoms. The Labute approximate surface area is 144 Å². The fourth-order valence-electron chi connectivity index (χ4n) is 3.48. The molecule has 0 fully saturated rings. The molecule has 1 atom stereocenters. The standard InChI is InChI=1S/C16H25NSi.C5H8/c1-12-11-13-9-7-8-10-14(13)15(12)18(5,6)17-16(2,3)4;1-4-5(2)3/h7-11,15,17H,1-6H3;4H,1-2H2,3H3. The lowest BCUT2D eigenvalue weighted by Crippen LogP contribution is -2.58. The highest BCUT2D eigenvalue weighted by Crippen LogP contribution is 2.41. The van der Waals surface area contributed by atoms with Crippen LogP contribution < -0.4 is 4.98 Å². The maximum Gasteiger partial charge on any atom is 0.131 e. The Balaban J connectivity index is 0.000000463. The van der Waals surface area contributed by atoms with Gasteiger partial charge < -0.3 is 4.98 Å². The number of fused-ring (bicyclic) bond motifs is 1. The predicted octanol–water partition coefficient (Wildman–Crippen LogP) is 6.07. The zero-order valence-electron chi connectivity index (χ0n) is 16.0. The predicted molar refractivity (Wildman–Crippen MR) is 108 cm³/mol. The lowest BCUT2D eigenvalue weighted by molar-refractivity contribution is 0.508. The van der Waals surface area contributed by atoms with Crippen LogP contribution in [0.25, 0.3) is 6.08 Å². The van der Waals surface area contributed by atoms with Gasteiger partial charge in [0.2, 0.25) is 0 Å². The number of nitrogens with one attached hydrogen (secondary N) is 1. The molecule has 0 saturated heterocycles. The van der Waals surface area contributed by atoms with E-state index in [1.165, 1.54) is 16.7 Å². The Morgan fingerprint density at radius 1 is 1.22 bits per heavy atom. The van der Waals surface area contributed by atoms with Crippen LogP contribution in [0.5, 0.6) is 0 Å². The van der Waals surface area contributed by atoms with Crippen LogP contribution in [0.1, 0.15) is 51.3 Å². The summed E-state index contributed by atoms with van der Waals surface area (Å²) in [5, 5.41) is 0. The van der Waals surface area contributed by atoms with Crippen molar-refractivity contribution >= 4 is 14.3 Å². The molecular weight excluding hydrogens is 294 g/mol. The second-order valence-electron chi connectivity index (χ2n) is 8.10. The summed E-state index contributed by atoms with van der Waals surface area (Å²) in [6.07, 6.45) is 4.08. The molecule has 1 aromatic rings. The van der Waals surface area contributed by atoms with Crippen LogP contribution in [-0.2, 0) is 0 Å². The van der Waals surface area contributed by atoms with Crippen molar-refractivity contribution in [3.63, 3.8) is 0 Å². The molecule has 1 aromatic carbocycles. The van der Waals surface area contributed by atoms with E-state index in [9.17, 15) is 0 Å². The van der Waals surface area contributed by atoms with Crippen molar-refractivity contribution in [1.82, 2.24) is 4.98 Å². The van der Waals surface area contributed by atoms with Crippen LogP contribution in [0.2, 0.25) is 13.1 Å². The molecule has 1 aliphatic carbocycles. The second-order valence-corrected chi connectivity index (χ2v) is 12.4. The first-order valence-electron chi connectivity index (χ1n) is 8.32. The summed E-state index contributed by atoms with van der Waals surface area (Å²) in [4.78, 5) is 3.91. The number of allylic oxidation sites excluding steroid dienone is 3. The third kappa shape index (κ3) is 5.63. The van der Waals surface area contributed by atoms with E-state index in [4.69, 9.17) is 0 Å². The first-order chi connectivity index (χ1) is 10.5. The topological polar surface area (TPSA) is 12.0 Å². The van der Waals surface area contributed by atoms with E-state index in [2.05, 4.69) is 89.3 Å². The van der Waals surface area contributed by atoms with Crippen LogP contribution in [0.15, 0.2) is 54.6 Å². The Hall–Kier alpha value is -1.38. The fourth-order valence-corrected chi connectivity index (χ4v) is 7.82. The minimum absolute atomic E-state index is 0.188. The second kappa shape index (κ2) is 7.46. The number of rotatable bonds is 3. The molecule has 0 amide bonds. The van der Waals surface area contributed by atoms with Crippen LogP contribution in [0.4, 0.5) is 0 Å². The average molecular weight is 328 g/mol. The Kier molecular flexibility index (Phi) is 6.38. The highest BCUT2D eigenvalue weighted by molar-refractivity contribution is 6.77. The summed E-state index contributed by atoms with van der Waals surface area (Å²) in [5.41, 5.74) is 6.26. The van der Waals surface area contributed by atoms with Crippen molar-refractivity contribution in [2.75, 3.05) is 0 Å². The minimum Gasteiger partial charge on any atom is -0.332 e. The number of hydrogen-bond donors (Lipinski definition) is 1. The highest BCUT2D eigenvalue weighted by Gasteiger charge is 2.39. The summed E-state index contributed by atoms with van der Waals surface area (Å²) in [6, 6.07) is 8.84. The van der Waals surface area contributed by atoms with Gasteiger partial charge in [0.05, 0.1) is 0 Å². The van der Waals surface area contributed by atoms with Crippen LogP contribution in [-0.4, -0.2) is 13.8 Å². The zero-order valence-corrected chi connectivity index (χ0v) is 17.0. The number of hydrogen-bond acceptors (Lipinski definition) is 1. The quantitative estimate of drug-likeness (QED) is 0.525. The van der Waals surface area contributed by atoms with E-state index in [0.717, 1.165) is 5.57 Å². The van der Waals surface area contributed by atoms with Crippen molar-refractivity contribution in [1.29, 1.82) is 0 Å². The van der Waals surface area contributed by atoms with Crippen molar-refractivity contribution in [2.24, 2.45) is 0 Å². The van der Waals surface area contributed by atoms with E-state index in [0.29, 0.717) is 5.54 Å². The molecule has 0 heterocycles. The molecule has 0 aromatic heterocycles. The summed E-state index contributed by atoms with van der Waals surface area (Å²) >= 11 is 0. The molecule has 1 nitrogen and oxygen atoms in total. The zero-order chi connectivity index (χ0) is 17.8. The third-order valence-electron chi connectivity index (χ3n) is 3.91. The van der Waals surface area contributed by atoms with Crippen LogP contribution in [0, 0.1) is 0 Å². The first kappa shape index (κ1) is 19.7. The molecule has 0 spiro atoms. The van der Waals surface area contributed by atoms with Gasteiger partial charge in [0, 0.05) is 11.1 Å². The molecule has 0 radical (unpaired) electrons. The molecule has 1 N–H and O–H groups in total. The first-order valence-corrected chi connectivity index (χ1v) is 11.4. The minimum atomic E-state index is -1.54. The smallest absolute Gasteiger partial charge is 0.131 e. The Morgan fingerprint density at radius 3 is 2.22 bits per heavy atom. The lowest BCUT2D eigenvalue weighted by Gasteiger charge is -2.38. The normalized spacial score (nSPS) is 16.8. The van der Waals surface area contributed by atoms with Gasteiger partial charge in [-0.05, 0) is 45.7 Å². The fraction of sp³-hybridized carbons (Fsp3) is 0.429. The van der Waals surface area contributed by atoms with Gasteiger partial charge in [0.25, 0.3) is 0 Å². The molecule has 1 aliphatic rings. The summed E-state index contributed by atoms with van der Waals surface area (Å²) in [5.74, 6) is 0. The maximum atomic E-state index is 3.91. The summed E-state index contributed by atoms with van der Waals surface area (Å²) in [6.45, 7) is 22.9. The number of benzene rings is 1. The van der Waals surface area contributed by atoms with Gasteiger partial charge in [-0.25, -0.2) is 0 Å².